The van der Waals surface area contributed by atoms with Crippen molar-refractivity contribution >= 4 is 11.9 Å². The molecule has 1 fully saturated rings. The Morgan fingerprint density at radius 2 is 0.960 bits per heavy atom. The lowest BCUT2D eigenvalue weighted by Crippen LogP contribution is -2.61. The number of carbonyl (C=O) groups is 2. The second kappa shape index (κ2) is 51.8. The minimum atomic E-state index is -1.62. The maximum atomic E-state index is 13.4. The number of hydrogen-bond donors (Lipinski definition) is 6. The highest BCUT2D eigenvalue weighted by molar-refractivity contribution is 5.80. The van der Waals surface area contributed by atoms with Gasteiger partial charge < -0.3 is 45.1 Å². The van der Waals surface area contributed by atoms with Crippen LogP contribution in [0.1, 0.15) is 258 Å². The number of hydrogen-bond acceptors (Lipinski definition) is 10. The van der Waals surface area contributed by atoms with Crippen molar-refractivity contribution in [2.24, 2.45) is 0 Å². The van der Waals surface area contributed by atoms with Crippen LogP contribution in [0.15, 0.2) is 72.9 Å². The number of carbonyl (C=O) groups excluding carboxylic acids is 2. The van der Waals surface area contributed by atoms with E-state index in [4.69, 9.17) is 14.2 Å². The first-order chi connectivity index (χ1) is 36.7. The van der Waals surface area contributed by atoms with Crippen LogP contribution in [-0.2, 0) is 23.8 Å². The summed E-state index contributed by atoms with van der Waals surface area (Å²) >= 11 is 0. The van der Waals surface area contributed by atoms with E-state index in [9.17, 15) is 35.1 Å². The fourth-order valence-electron chi connectivity index (χ4n) is 9.18. The lowest BCUT2D eigenvalue weighted by molar-refractivity contribution is -0.305. The van der Waals surface area contributed by atoms with E-state index in [0.29, 0.717) is 12.8 Å². The Hall–Kier alpha value is -2.90. The Morgan fingerprint density at radius 3 is 1.48 bits per heavy atom. The standard InChI is InChI=1S/C64H113NO10/c1-4-7-10-13-16-19-22-24-26-27-28-29-30-31-32-34-37-40-43-46-49-52-59(69)75-62-61(71)60(70)58(53-66)74-64(62)73-54-55(56(67)50-47-44-41-38-35-21-18-15-12-9-6-3)65-63(72)57(68)51-48-45-42-39-36-33-25-23-20-17-14-11-8-5-2/h16-17,19-20,23-26,28-29,47,50,55-58,60-62,64,66-68,70-71H,4-15,18,21-22,27,30-46,48-49,51-54H2,1-3H3,(H,65,72)/b19-16-,20-17+,25-23+,26-24-,29-28-,50-47+. The number of amides is 1. The van der Waals surface area contributed by atoms with Crippen LogP contribution < -0.4 is 5.32 Å². The predicted octanol–water partition coefficient (Wildman–Crippen LogP) is 14.4. The van der Waals surface area contributed by atoms with Crippen molar-refractivity contribution in [2.45, 2.75) is 307 Å². The van der Waals surface area contributed by atoms with Crippen LogP contribution in [0.4, 0.5) is 0 Å². The maximum absolute atomic E-state index is 13.4. The molecule has 0 aromatic rings. The zero-order chi connectivity index (χ0) is 54.7. The highest BCUT2D eigenvalue weighted by Gasteiger charge is 2.47. The van der Waals surface area contributed by atoms with E-state index in [1.165, 1.54) is 109 Å². The van der Waals surface area contributed by atoms with E-state index in [1.54, 1.807) is 6.08 Å². The van der Waals surface area contributed by atoms with Crippen molar-refractivity contribution < 1.29 is 49.3 Å². The first-order valence-corrected chi connectivity index (χ1v) is 30.7. The van der Waals surface area contributed by atoms with E-state index in [-0.39, 0.29) is 19.4 Å². The summed E-state index contributed by atoms with van der Waals surface area (Å²) in [5.74, 6) is -1.22. The van der Waals surface area contributed by atoms with Gasteiger partial charge in [-0.15, -0.1) is 0 Å². The Balaban J connectivity index is 2.67. The third-order valence-electron chi connectivity index (χ3n) is 14.1. The van der Waals surface area contributed by atoms with Crippen LogP contribution in [0, 0.1) is 0 Å². The lowest BCUT2D eigenvalue weighted by atomic mass is 9.99. The fraction of sp³-hybridized carbons (Fsp3) is 0.781. The Bertz CT molecular complexity index is 1490. The summed E-state index contributed by atoms with van der Waals surface area (Å²) in [7, 11) is 0. The van der Waals surface area contributed by atoms with Gasteiger partial charge in [0.05, 0.1) is 25.4 Å². The third kappa shape index (κ3) is 40.0. The Kier molecular flexibility index (Phi) is 48.5. The number of aliphatic hydroxyl groups is 5. The zero-order valence-electron chi connectivity index (χ0n) is 47.9. The van der Waals surface area contributed by atoms with Crippen molar-refractivity contribution in [3.63, 3.8) is 0 Å². The molecule has 0 radical (unpaired) electrons. The Morgan fingerprint density at radius 1 is 0.533 bits per heavy atom. The normalized spacial score (nSPS) is 19.7. The molecular weight excluding hydrogens is 943 g/mol. The van der Waals surface area contributed by atoms with Gasteiger partial charge in [-0.25, -0.2) is 0 Å². The molecule has 1 aliphatic rings. The van der Waals surface area contributed by atoms with Gasteiger partial charge in [0, 0.05) is 6.42 Å². The average Bonchev–Trinajstić information content (AvgIpc) is 3.41. The topological polar surface area (TPSA) is 175 Å². The van der Waals surface area contributed by atoms with Crippen molar-refractivity contribution in [3.05, 3.63) is 72.9 Å². The molecule has 1 saturated heterocycles. The number of nitrogens with one attached hydrogen (secondary N) is 1. The van der Waals surface area contributed by atoms with Crippen LogP contribution in [0.25, 0.3) is 0 Å². The summed E-state index contributed by atoms with van der Waals surface area (Å²) in [5, 5.41) is 56.9. The predicted molar refractivity (Wildman–Crippen MR) is 310 cm³/mol. The SMILES string of the molecule is CCCCC/C=C\C/C=C\C/C=C\CCCCCCCCCCC(=O)OC1C(OCC(NC(=O)C(O)CCCCCCC/C=C/C=C/CCCCC)C(O)/C=C/CCCCCCCCCCC)OC(CO)C(O)C1O. The molecule has 11 nitrogen and oxygen atoms in total. The number of esters is 1. The molecule has 1 rings (SSSR count). The molecule has 11 heteroatoms. The van der Waals surface area contributed by atoms with Crippen LogP contribution in [0.2, 0.25) is 0 Å². The second-order valence-corrected chi connectivity index (χ2v) is 21.1. The molecule has 1 amide bonds. The fourth-order valence-corrected chi connectivity index (χ4v) is 9.18. The molecule has 434 valence electrons. The highest BCUT2D eigenvalue weighted by Crippen LogP contribution is 2.26. The third-order valence-corrected chi connectivity index (χ3v) is 14.1. The van der Waals surface area contributed by atoms with Crippen molar-refractivity contribution in [1.82, 2.24) is 5.32 Å². The summed E-state index contributed by atoms with van der Waals surface area (Å²) in [4.78, 5) is 26.5. The van der Waals surface area contributed by atoms with Gasteiger partial charge >= 0.3 is 5.97 Å². The van der Waals surface area contributed by atoms with Gasteiger partial charge in [-0.2, -0.15) is 0 Å². The summed E-state index contributed by atoms with van der Waals surface area (Å²) in [6.45, 7) is 5.71. The quantitative estimate of drug-likeness (QED) is 0.0149. The summed E-state index contributed by atoms with van der Waals surface area (Å²) in [5.41, 5.74) is 0. The van der Waals surface area contributed by atoms with E-state index in [2.05, 4.69) is 86.8 Å². The molecule has 8 atom stereocenters. The van der Waals surface area contributed by atoms with Crippen molar-refractivity contribution in [1.29, 1.82) is 0 Å². The summed E-state index contributed by atoms with van der Waals surface area (Å²) < 4.78 is 17.6. The molecule has 0 saturated carbocycles. The zero-order valence-corrected chi connectivity index (χ0v) is 47.9. The van der Waals surface area contributed by atoms with Gasteiger partial charge in [0.15, 0.2) is 12.4 Å². The van der Waals surface area contributed by atoms with Crippen molar-refractivity contribution in [3.8, 4) is 0 Å². The molecule has 0 aromatic heterocycles. The van der Waals surface area contributed by atoms with Gasteiger partial charge in [-0.05, 0) is 89.9 Å². The molecule has 0 spiro atoms. The number of aliphatic hydroxyl groups excluding tert-OH is 5. The van der Waals surface area contributed by atoms with Gasteiger partial charge in [-0.3, -0.25) is 9.59 Å². The number of rotatable bonds is 51. The molecular formula is C64H113NO10. The van der Waals surface area contributed by atoms with Crippen LogP contribution >= 0.6 is 0 Å². The molecule has 0 aromatic carbocycles. The van der Waals surface area contributed by atoms with Crippen molar-refractivity contribution in [2.75, 3.05) is 13.2 Å². The molecule has 0 bridgehead atoms. The van der Waals surface area contributed by atoms with Crippen LogP contribution in [0.5, 0.6) is 0 Å². The van der Waals surface area contributed by atoms with Gasteiger partial charge in [0.25, 0.3) is 0 Å². The summed E-state index contributed by atoms with van der Waals surface area (Å²) in [6.07, 6.45) is 55.1. The summed E-state index contributed by atoms with van der Waals surface area (Å²) in [6, 6.07) is -1.03. The second-order valence-electron chi connectivity index (χ2n) is 21.1. The first kappa shape index (κ1) is 70.1. The Labute approximate surface area is 458 Å². The minimum Gasteiger partial charge on any atom is -0.454 e. The van der Waals surface area contributed by atoms with Crippen LogP contribution in [-0.4, -0.2) is 99.6 Å². The van der Waals surface area contributed by atoms with Gasteiger partial charge in [0.2, 0.25) is 5.91 Å². The molecule has 8 unspecified atom stereocenters. The number of unbranched alkanes of at least 4 members (excludes halogenated alkanes) is 28. The average molecular weight is 1060 g/mol. The van der Waals surface area contributed by atoms with Crippen LogP contribution in [0.3, 0.4) is 0 Å². The molecule has 0 aliphatic carbocycles. The van der Waals surface area contributed by atoms with Gasteiger partial charge in [-0.1, -0.05) is 235 Å². The molecule has 1 aliphatic heterocycles. The largest absolute Gasteiger partial charge is 0.454 e. The maximum Gasteiger partial charge on any atom is 0.306 e. The number of allylic oxidation sites excluding steroid dienone is 11. The van der Waals surface area contributed by atoms with Gasteiger partial charge in [0.1, 0.15) is 24.4 Å². The smallest absolute Gasteiger partial charge is 0.306 e. The van der Waals surface area contributed by atoms with E-state index < -0.39 is 67.4 Å². The first-order valence-electron chi connectivity index (χ1n) is 30.7. The lowest BCUT2D eigenvalue weighted by Gasteiger charge is -2.41. The molecule has 6 N–H and O–H groups in total. The van der Waals surface area contributed by atoms with E-state index >= 15 is 0 Å². The highest BCUT2D eigenvalue weighted by atomic mass is 16.7. The number of ether oxygens (including phenoxy) is 3. The minimum absolute atomic E-state index is 0.111. The molecule has 75 heavy (non-hydrogen) atoms. The molecule has 1 heterocycles. The van der Waals surface area contributed by atoms with E-state index in [1.807, 2.05) is 6.08 Å². The van der Waals surface area contributed by atoms with E-state index in [0.717, 1.165) is 103 Å². The monoisotopic (exact) mass is 1060 g/mol.